The van der Waals surface area contributed by atoms with E-state index in [2.05, 4.69) is 10.3 Å². The van der Waals surface area contributed by atoms with E-state index in [1.165, 1.54) is 0 Å². The molecule has 0 radical (unpaired) electrons. The van der Waals surface area contributed by atoms with Crippen molar-refractivity contribution in [1.29, 1.82) is 0 Å². The second-order valence-electron chi connectivity index (χ2n) is 7.26. The largest absolute Gasteiger partial charge is 0.462 e. The van der Waals surface area contributed by atoms with E-state index in [-0.39, 0.29) is 37.0 Å². The average Bonchev–Trinajstić information content (AvgIpc) is 2.92. The summed E-state index contributed by atoms with van der Waals surface area (Å²) in [6.45, 7) is 9.36. The summed E-state index contributed by atoms with van der Waals surface area (Å²) in [5, 5.41) is 2.91. The van der Waals surface area contributed by atoms with Gasteiger partial charge >= 0.3 is 5.97 Å². The number of Topliss-reactive ketones (excluding diaryl/α,β-unsaturated/α-hetero) is 1. The second-order valence-corrected chi connectivity index (χ2v) is 7.26. The van der Waals surface area contributed by atoms with Crippen LogP contribution in [0.3, 0.4) is 0 Å². The van der Waals surface area contributed by atoms with Gasteiger partial charge in [-0.3, -0.25) is 14.5 Å². The molecule has 7 nitrogen and oxygen atoms in total. The Kier molecular flexibility index (Phi) is 7.34. The number of carbonyl (C=O) groups is 3. The molecule has 0 atom stereocenters. The quantitative estimate of drug-likeness (QED) is 0.525. The molecule has 0 fully saturated rings. The van der Waals surface area contributed by atoms with Crippen LogP contribution in [0, 0.1) is 27.7 Å². The molecule has 2 aromatic rings. The number of hydrogen-bond donors (Lipinski definition) is 2. The van der Waals surface area contributed by atoms with Crippen molar-refractivity contribution in [3.63, 3.8) is 0 Å². The van der Waals surface area contributed by atoms with Crippen LogP contribution in [0.25, 0.3) is 0 Å². The third-order valence-corrected chi connectivity index (χ3v) is 4.71. The lowest BCUT2D eigenvalue weighted by Gasteiger charge is -2.17. The highest BCUT2D eigenvalue weighted by Crippen LogP contribution is 2.21. The SMILES string of the molecule is CCOC(=O)c1c(C)[nH]c(C)c1C(=O)CN(C)CC(=O)Nc1c(C)cccc1C. The van der Waals surface area contributed by atoms with Gasteiger partial charge in [0.25, 0.3) is 0 Å². The number of amides is 1. The Hall–Kier alpha value is -2.93. The van der Waals surface area contributed by atoms with Gasteiger partial charge in [0.05, 0.1) is 30.8 Å². The van der Waals surface area contributed by atoms with Crippen LogP contribution >= 0.6 is 0 Å². The minimum absolute atomic E-state index is 0.00467. The Labute approximate surface area is 171 Å². The minimum atomic E-state index is -0.520. The fourth-order valence-electron chi connectivity index (χ4n) is 3.40. The first-order valence-corrected chi connectivity index (χ1v) is 9.59. The molecule has 1 amide bonds. The number of esters is 1. The number of H-pyrrole nitrogens is 1. The number of aryl methyl sites for hydroxylation is 4. The zero-order valence-corrected chi connectivity index (χ0v) is 17.9. The van der Waals surface area contributed by atoms with Crippen LogP contribution in [0.2, 0.25) is 0 Å². The molecule has 2 rings (SSSR count). The molecule has 0 spiro atoms. The summed E-state index contributed by atoms with van der Waals surface area (Å²) in [5.74, 6) is -0.962. The number of anilines is 1. The average molecular weight is 399 g/mol. The highest BCUT2D eigenvalue weighted by atomic mass is 16.5. The summed E-state index contributed by atoms with van der Waals surface area (Å²) in [6, 6.07) is 5.81. The molecule has 1 heterocycles. The normalized spacial score (nSPS) is 10.9. The summed E-state index contributed by atoms with van der Waals surface area (Å²) in [4.78, 5) is 42.2. The van der Waals surface area contributed by atoms with Gasteiger partial charge in [-0.05, 0) is 52.8 Å². The standard InChI is InChI=1S/C22H29N3O4/c1-7-29-22(28)20-16(5)23-15(4)19(20)17(26)11-25(6)12-18(27)24-21-13(2)9-8-10-14(21)3/h8-10,23H,7,11-12H2,1-6H3,(H,24,27). The number of likely N-dealkylation sites (N-methyl/N-ethyl adjacent to an activating group) is 1. The van der Waals surface area contributed by atoms with Crippen LogP contribution in [0.1, 0.15) is 50.2 Å². The van der Waals surface area contributed by atoms with E-state index in [9.17, 15) is 14.4 Å². The summed E-state index contributed by atoms with van der Waals surface area (Å²) >= 11 is 0. The molecule has 0 unspecified atom stereocenters. The Bertz CT molecular complexity index is 910. The first-order chi connectivity index (χ1) is 13.6. The molecular formula is C22H29N3O4. The van der Waals surface area contributed by atoms with Crippen molar-refractivity contribution >= 4 is 23.3 Å². The molecule has 156 valence electrons. The molecule has 0 aliphatic heterocycles. The van der Waals surface area contributed by atoms with Crippen molar-refractivity contribution in [3.05, 3.63) is 51.8 Å². The maximum absolute atomic E-state index is 12.9. The van der Waals surface area contributed by atoms with E-state index in [0.717, 1.165) is 16.8 Å². The number of para-hydroxylation sites is 1. The fourth-order valence-corrected chi connectivity index (χ4v) is 3.40. The van der Waals surface area contributed by atoms with E-state index in [0.29, 0.717) is 17.0 Å². The second kappa shape index (κ2) is 9.52. The summed E-state index contributed by atoms with van der Waals surface area (Å²) in [6.07, 6.45) is 0. The number of aromatic nitrogens is 1. The molecule has 0 aliphatic carbocycles. The number of nitrogens with zero attached hydrogens (tertiary/aromatic N) is 1. The van der Waals surface area contributed by atoms with Crippen molar-refractivity contribution < 1.29 is 19.1 Å². The number of ether oxygens (including phenoxy) is 1. The zero-order valence-electron chi connectivity index (χ0n) is 17.9. The molecule has 1 aromatic heterocycles. The molecule has 2 N–H and O–H groups in total. The first-order valence-electron chi connectivity index (χ1n) is 9.59. The van der Waals surface area contributed by atoms with E-state index >= 15 is 0 Å². The Balaban J connectivity index is 2.08. The first kappa shape index (κ1) is 22.4. The molecule has 0 saturated carbocycles. The Morgan fingerprint density at radius 2 is 1.59 bits per heavy atom. The number of rotatable bonds is 8. The van der Waals surface area contributed by atoms with Gasteiger partial charge in [0.1, 0.15) is 0 Å². The topological polar surface area (TPSA) is 91.5 Å². The van der Waals surface area contributed by atoms with Gasteiger partial charge < -0.3 is 15.0 Å². The van der Waals surface area contributed by atoms with E-state index in [4.69, 9.17) is 4.74 Å². The van der Waals surface area contributed by atoms with Crippen LogP contribution in [0.15, 0.2) is 18.2 Å². The molecular weight excluding hydrogens is 370 g/mol. The van der Waals surface area contributed by atoms with Gasteiger partial charge in [-0.2, -0.15) is 0 Å². The Morgan fingerprint density at radius 1 is 1.00 bits per heavy atom. The molecule has 29 heavy (non-hydrogen) atoms. The molecule has 0 saturated heterocycles. The predicted molar refractivity (Wildman–Crippen MR) is 113 cm³/mol. The maximum Gasteiger partial charge on any atom is 0.340 e. The third-order valence-electron chi connectivity index (χ3n) is 4.71. The smallest absolute Gasteiger partial charge is 0.340 e. The lowest BCUT2D eigenvalue weighted by molar-refractivity contribution is -0.116. The zero-order chi connectivity index (χ0) is 21.7. The highest BCUT2D eigenvalue weighted by Gasteiger charge is 2.26. The highest BCUT2D eigenvalue weighted by molar-refractivity contribution is 6.09. The van der Waals surface area contributed by atoms with Crippen LogP contribution in [0.5, 0.6) is 0 Å². The lowest BCUT2D eigenvalue weighted by atomic mass is 10.0. The lowest BCUT2D eigenvalue weighted by Crippen LogP contribution is -2.34. The van der Waals surface area contributed by atoms with Gasteiger partial charge in [0, 0.05) is 17.1 Å². The van der Waals surface area contributed by atoms with Crippen molar-refractivity contribution in [2.45, 2.75) is 34.6 Å². The summed E-state index contributed by atoms with van der Waals surface area (Å²) in [5.41, 5.74) is 4.55. The summed E-state index contributed by atoms with van der Waals surface area (Å²) in [7, 11) is 1.70. The van der Waals surface area contributed by atoms with E-state index < -0.39 is 5.97 Å². The van der Waals surface area contributed by atoms with Crippen molar-refractivity contribution in [3.8, 4) is 0 Å². The summed E-state index contributed by atoms with van der Waals surface area (Å²) < 4.78 is 5.08. The van der Waals surface area contributed by atoms with Gasteiger partial charge in [0.2, 0.25) is 5.91 Å². The number of benzene rings is 1. The minimum Gasteiger partial charge on any atom is -0.462 e. The fraction of sp³-hybridized carbons (Fsp3) is 0.409. The van der Waals surface area contributed by atoms with Crippen molar-refractivity contribution in [1.82, 2.24) is 9.88 Å². The Morgan fingerprint density at radius 3 is 2.17 bits per heavy atom. The van der Waals surface area contributed by atoms with Crippen LogP contribution in [0.4, 0.5) is 5.69 Å². The third kappa shape index (κ3) is 5.32. The number of aromatic amines is 1. The predicted octanol–water partition coefficient (Wildman–Crippen LogP) is 3.18. The van der Waals surface area contributed by atoms with Crippen LogP contribution in [-0.4, -0.2) is 54.3 Å². The van der Waals surface area contributed by atoms with Crippen LogP contribution < -0.4 is 5.32 Å². The molecule has 0 bridgehead atoms. The number of hydrogen-bond acceptors (Lipinski definition) is 5. The van der Waals surface area contributed by atoms with Gasteiger partial charge in [-0.25, -0.2) is 4.79 Å². The van der Waals surface area contributed by atoms with Gasteiger partial charge in [-0.1, -0.05) is 18.2 Å². The van der Waals surface area contributed by atoms with Crippen LogP contribution in [-0.2, 0) is 9.53 Å². The maximum atomic E-state index is 12.9. The van der Waals surface area contributed by atoms with E-state index in [1.54, 1.807) is 32.7 Å². The monoisotopic (exact) mass is 399 g/mol. The molecule has 0 aliphatic rings. The molecule has 7 heteroatoms. The van der Waals surface area contributed by atoms with E-state index in [1.807, 2.05) is 32.0 Å². The number of ketones is 1. The number of carbonyl (C=O) groups excluding carboxylic acids is 3. The van der Waals surface area contributed by atoms with Crippen molar-refractivity contribution in [2.24, 2.45) is 0 Å². The van der Waals surface area contributed by atoms with Gasteiger partial charge in [0.15, 0.2) is 5.78 Å². The number of nitrogens with one attached hydrogen (secondary N) is 2. The van der Waals surface area contributed by atoms with Gasteiger partial charge in [-0.15, -0.1) is 0 Å². The molecule has 1 aromatic carbocycles. The van der Waals surface area contributed by atoms with Crippen molar-refractivity contribution in [2.75, 3.05) is 32.1 Å².